The van der Waals surface area contributed by atoms with Gasteiger partial charge in [0.05, 0.1) is 24.3 Å². The molecule has 5 rings (SSSR count). The Bertz CT molecular complexity index is 1280. The van der Waals surface area contributed by atoms with Crippen LogP contribution in [-0.2, 0) is 9.47 Å². The first kappa shape index (κ1) is 33.1. The van der Waals surface area contributed by atoms with E-state index in [4.69, 9.17) is 14.2 Å². The van der Waals surface area contributed by atoms with Crippen molar-refractivity contribution in [2.45, 2.75) is 96.4 Å². The third kappa shape index (κ3) is 8.28. The van der Waals surface area contributed by atoms with Gasteiger partial charge in [0, 0.05) is 23.5 Å². The van der Waals surface area contributed by atoms with Gasteiger partial charge in [-0.2, -0.15) is 13.8 Å². The Hall–Kier alpha value is -2.32. The van der Waals surface area contributed by atoms with E-state index in [9.17, 15) is 8.78 Å². The summed E-state index contributed by atoms with van der Waals surface area (Å²) in [6.45, 7) is 3.81. The van der Waals surface area contributed by atoms with E-state index in [-0.39, 0.29) is 28.9 Å². The van der Waals surface area contributed by atoms with E-state index in [1.807, 2.05) is 0 Å². The minimum absolute atomic E-state index is 0.0131. The van der Waals surface area contributed by atoms with Crippen LogP contribution in [0.25, 0.3) is 11.1 Å². The predicted octanol–water partition coefficient (Wildman–Crippen LogP) is 10.5. The summed E-state index contributed by atoms with van der Waals surface area (Å²) in [5, 5.41) is 2.09. The summed E-state index contributed by atoms with van der Waals surface area (Å²) in [7, 11) is 0. The first-order valence-corrected chi connectivity index (χ1v) is 16.7. The number of unbranched alkanes of at least 4 members (excludes halogenated alkanes) is 2. The molecule has 0 bridgehead atoms. The molecule has 2 aliphatic carbocycles. The van der Waals surface area contributed by atoms with Gasteiger partial charge in [0.15, 0.2) is 6.29 Å². The van der Waals surface area contributed by atoms with E-state index >= 15 is 8.78 Å². The molecule has 1 aliphatic heterocycles. The fourth-order valence-electron chi connectivity index (χ4n) is 7.34. The molecule has 2 saturated carbocycles. The molecule has 1 heterocycles. The highest BCUT2D eigenvalue weighted by Crippen LogP contribution is 2.46. The van der Waals surface area contributed by atoms with E-state index in [2.05, 4.69) is 29.3 Å². The second-order valence-electron chi connectivity index (χ2n) is 12.9. The van der Waals surface area contributed by atoms with Gasteiger partial charge < -0.3 is 14.2 Å². The summed E-state index contributed by atoms with van der Waals surface area (Å²) >= 11 is 4.49. The van der Waals surface area contributed by atoms with Crippen LogP contribution in [-0.4, -0.2) is 30.8 Å². The Balaban J connectivity index is 1.07. The first-order valence-electron chi connectivity index (χ1n) is 16.2. The maximum atomic E-state index is 15.2. The lowest BCUT2D eigenvalue weighted by atomic mass is 9.69. The third-order valence-corrected chi connectivity index (χ3v) is 10.0. The van der Waals surface area contributed by atoms with Gasteiger partial charge in [0.2, 0.25) is 0 Å². The van der Waals surface area contributed by atoms with Crippen LogP contribution in [0.3, 0.4) is 0 Å². The van der Waals surface area contributed by atoms with Gasteiger partial charge in [-0.15, -0.1) is 0 Å². The number of benzene rings is 2. The van der Waals surface area contributed by atoms with Crippen molar-refractivity contribution in [3.05, 3.63) is 48.0 Å². The largest absolute Gasteiger partial charge is 0.432 e. The van der Waals surface area contributed by atoms with Crippen LogP contribution in [0.2, 0.25) is 0 Å². The highest BCUT2D eigenvalue weighted by Gasteiger charge is 2.45. The Morgan fingerprint density at radius 3 is 2.14 bits per heavy atom. The summed E-state index contributed by atoms with van der Waals surface area (Å²) in [5.74, 6) is -0.712. The maximum absolute atomic E-state index is 15.2. The van der Waals surface area contributed by atoms with Gasteiger partial charge in [-0.1, -0.05) is 32.3 Å². The maximum Gasteiger partial charge on any atom is 0.400 e. The Morgan fingerprint density at radius 2 is 1.52 bits per heavy atom. The molecule has 0 amide bonds. The average molecular weight is 634 g/mol. The van der Waals surface area contributed by atoms with E-state index in [0.29, 0.717) is 36.5 Å². The lowest BCUT2D eigenvalue weighted by Crippen LogP contribution is -2.40. The van der Waals surface area contributed by atoms with Crippen molar-refractivity contribution in [2.75, 3.05) is 13.2 Å². The lowest BCUT2D eigenvalue weighted by molar-refractivity contribution is -0.232. The molecule has 0 radical (unpaired) electrons. The van der Waals surface area contributed by atoms with Crippen LogP contribution < -0.4 is 4.74 Å². The van der Waals surface area contributed by atoms with Gasteiger partial charge in [0.25, 0.3) is 0 Å². The first-order chi connectivity index (χ1) is 21.3. The number of hydrogen-bond acceptors (Lipinski definition) is 5. The summed E-state index contributed by atoms with van der Waals surface area (Å²) in [4.78, 5) is 3.61. The van der Waals surface area contributed by atoms with Gasteiger partial charge in [-0.3, -0.25) is 0 Å². The molecule has 44 heavy (non-hydrogen) atoms. The van der Waals surface area contributed by atoms with Crippen LogP contribution in [0.4, 0.5) is 23.2 Å². The van der Waals surface area contributed by atoms with Crippen LogP contribution in [0.15, 0.2) is 41.4 Å². The van der Waals surface area contributed by atoms with Crippen molar-refractivity contribution in [1.82, 2.24) is 0 Å². The van der Waals surface area contributed by atoms with Crippen LogP contribution in [0.1, 0.15) is 84.0 Å². The Kier molecular flexibility index (Phi) is 11.5. The highest BCUT2D eigenvalue weighted by molar-refractivity contribution is 7.78. The van der Waals surface area contributed by atoms with Crippen molar-refractivity contribution in [3.8, 4) is 16.9 Å². The van der Waals surface area contributed by atoms with Crippen molar-refractivity contribution < 1.29 is 31.8 Å². The molecule has 0 atom stereocenters. The minimum atomic E-state index is -3.41. The summed E-state index contributed by atoms with van der Waals surface area (Å²) in [6, 6.07) is 7.50. The molecule has 3 aliphatic rings. The van der Waals surface area contributed by atoms with Gasteiger partial charge in [-0.25, -0.2) is 8.78 Å². The molecule has 1 saturated heterocycles. The summed E-state index contributed by atoms with van der Waals surface area (Å²) in [6.07, 6.45) is 7.95. The van der Waals surface area contributed by atoms with Gasteiger partial charge in [-0.05, 0) is 112 Å². The molecule has 0 spiro atoms. The van der Waals surface area contributed by atoms with Crippen molar-refractivity contribution in [2.24, 2.45) is 34.6 Å². The fraction of sp³-hybridized carbons (Fsp3) is 0.629. The number of thiocarbonyl (C=S) groups is 1. The number of aliphatic imine (C=N–C) groups is 1. The summed E-state index contributed by atoms with van der Waals surface area (Å²) < 4.78 is 76.9. The molecule has 0 unspecified atom stereocenters. The summed E-state index contributed by atoms with van der Waals surface area (Å²) in [5.41, 5.74) is 0.306. The minimum Gasteiger partial charge on any atom is -0.432 e. The third-order valence-electron chi connectivity index (χ3n) is 9.94. The topological polar surface area (TPSA) is 40.0 Å². The van der Waals surface area contributed by atoms with Crippen LogP contribution in [0.5, 0.6) is 5.75 Å². The average Bonchev–Trinajstić information content (AvgIpc) is 3.03. The number of hydrogen-bond donors (Lipinski definition) is 0. The zero-order valence-corrected chi connectivity index (χ0v) is 26.2. The van der Waals surface area contributed by atoms with E-state index in [1.54, 1.807) is 0 Å². The smallest absolute Gasteiger partial charge is 0.400 e. The monoisotopic (exact) mass is 633 g/mol. The van der Waals surface area contributed by atoms with Crippen molar-refractivity contribution in [3.63, 3.8) is 0 Å². The number of ether oxygens (including phenoxy) is 3. The second kappa shape index (κ2) is 15.3. The molecule has 0 N–H and O–H groups in total. The number of nitrogens with zero attached hydrogens (tertiary/aromatic N) is 1. The molecule has 3 fully saturated rings. The SMILES string of the molecule is CCCCCC1COC(C2CCC(C3CCC(C(F)(F)Oc4ccc(-c5ccc(N=C=S)c(F)c5)c(F)c4)CC3)CC2)OC1. The number of alkyl halides is 2. The highest BCUT2D eigenvalue weighted by atomic mass is 32.1. The Morgan fingerprint density at radius 1 is 0.864 bits per heavy atom. The normalized spacial score (nSPS) is 27.8. The van der Waals surface area contributed by atoms with Crippen molar-refractivity contribution >= 4 is 23.1 Å². The van der Waals surface area contributed by atoms with Crippen LogP contribution in [0, 0.1) is 41.2 Å². The molecule has 9 heteroatoms. The lowest BCUT2D eigenvalue weighted by Gasteiger charge is -2.41. The number of halogens is 4. The molecular formula is C35H43F4NO3S. The number of rotatable bonds is 11. The number of isothiocyanates is 1. The van der Waals surface area contributed by atoms with E-state index in [1.165, 1.54) is 49.9 Å². The predicted molar refractivity (Wildman–Crippen MR) is 166 cm³/mol. The molecule has 0 aromatic heterocycles. The van der Waals surface area contributed by atoms with Crippen LogP contribution >= 0.6 is 12.2 Å². The molecule has 2 aromatic rings. The van der Waals surface area contributed by atoms with E-state index < -0.39 is 23.7 Å². The molecule has 4 nitrogen and oxygen atoms in total. The van der Waals surface area contributed by atoms with Crippen molar-refractivity contribution in [1.29, 1.82) is 0 Å². The molecule has 2 aromatic carbocycles. The quantitative estimate of drug-likeness (QED) is 0.107. The standard InChI is InChI=1S/C35H43F4NO3S/c1-2-3-4-5-23-20-41-34(42-21-23)26-8-6-24(7-9-26)25-10-13-28(14-11-25)35(38,39)43-29-15-16-30(31(36)19-29)27-12-17-33(40-22-44)32(37)18-27/h12,15-19,23-26,28,34H,2-11,13-14,20-21H2,1H3. The van der Waals surface area contributed by atoms with E-state index in [0.717, 1.165) is 63.9 Å². The molecular weight excluding hydrogens is 590 g/mol. The zero-order chi connectivity index (χ0) is 31.1. The van der Waals surface area contributed by atoms with Gasteiger partial charge in [0.1, 0.15) is 23.1 Å². The molecule has 240 valence electrons. The second-order valence-corrected chi connectivity index (χ2v) is 13.0. The fourth-order valence-corrected chi connectivity index (χ4v) is 7.44. The Labute approximate surface area is 263 Å². The zero-order valence-electron chi connectivity index (χ0n) is 25.4. The van der Waals surface area contributed by atoms with Gasteiger partial charge >= 0.3 is 6.11 Å².